The molecule has 12 rings (SSSR count). The number of furan rings is 1. The molecule has 0 fully saturated rings. The van der Waals surface area contributed by atoms with Gasteiger partial charge in [0.1, 0.15) is 11.2 Å². The van der Waals surface area contributed by atoms with Crippen molar-refractivity contribution < 1.29 is 4.42 Å². The highest BCUT2D eigenvalue weighted by molar-refractivity contribution is 6.13. The fraction of sp³-hybridized carbons (Fsp3) is 0. The van der Waals surface area contributed by atoms with E-state index < -0.39 is 0 Å². The minimum Gasteiger partial charge on any atom is -0.456 e. The van der Waals surface area contributed by atoms with Crippen LogP contribution >= 0.6 is 0 Å². The van der Waals surface area contributed by atoms with Crippen molar-refractivity contribution in [3.05, 3.63) is 231 Å². The fourth-order valence-electron chi connectivity index (χ4n) is 9.00. The molecule has 0 saturated heterocycles. The average Bonchev–Trinajstić information content (AvgIpc) is 3.75. The van der Waals surface area contributed by atoms with Gasteiger partial charge >= 0.3 is 0 Å². The molecule has 0 bridgehead atoms. The number of hydrogen-bond donors (Lipinski definition) is 0. The van der Waals surface area contributed by atoms with Crippen molar-refractivity contribution >= 4 is 60.5 Å². The first kappa shape index (κ1) is 37.1. The number of fused-ring (bicyclic) bond motifs is 5. The predicted octanol–water partition coefficient (Wildman–Crippen LogP) is 15.9. The van der Waals surface area contributed by atoms with Crippen LogP contribution in [0.25, 0.3) is 99.9 Å². The van der Waals surface area contributed by atoms with Gasteiger partial charge in [-0.15, -0.1) is 0 Å². The Bertz CT molecular complexity index is 3690. The molecule has 0 N–H and O–H groups in total. The van der Waals surface area contributed by atoms with Crippen molar-refractivity contribution in [2.75, 3.05) is 4.90 Å². The molecule has 0 aliphatic heterocycles. The molecule has 300 valence electrons. The normalized spacial score (nSPS) is 11.4. The molecular formula is C59H38N4O. The molecule has 12 aromatic rings. The molecule has 0 unspecified atom stereocenters. The van der Waals surface area contributed by atoms with Gasteiger partial charge < -0.3 is 9.32 Å². The highest BCUT2D eigenvalue weighted by Gasteiger charge is 2.20. The van der Waals surface area contributed by atoms with E-state index in [4.69, 9.17) is 19.4 Å². The van der Waals surface area contributed by atoms with E-state index in [1.165, 1.54) is 16.3 Å². The van der Waals surface area contributed by atoms with Crippen LogP contribution in [0.15, 0.2) is 235 Å². The standard InChI is InChI=1S/C59H38N4O/c1-3-15-39(16-4-1)44-23-12-26-47(36-44)63(48-32-31-40-17-7-8-21-43(40)37-48)49-33-34-53-55(38-49)64-54-30-14-28-51(56(53)54)45-24-11-25-46(35-45)58-60-57(42-19-5-2-6-20-42)61-59(62-58)52-29-13-22-41-18-9-10-27-50(41)52/h1-38H. The topological polar surface area (TPSA) is 55.1 Å². The molecule has 2 heterocycles. The molecule has 0 spiro atoms. The van der Waals surface area contributed by atoms with Crippen LogP contribution in [0.1, 0.15) is 0 Å². The summed E-state index contributed by atoms with van der Waals surface area (Å²) in [7, 11) is 0. The van der Waals surface area contributed by atoms with Crippen LogP contribution in [0, 0.1) is 0 Å². The minimum atomic E-state index is 0.609. The summed E-state index contributed by atoms with van der Waals surface area (Å²) >= 11 is 0. The van der Waals surface area contributed by atoms with Gasteiger partial charge in [0.15, 0.2) is 17.5 Å². The Hall–Kier alpha value is -8.67. The number of hydrogen-bond acceptors (Lipinski definition) is 5. The van der Waals surface area contributed by atoms with E-state index in [2.05, 4.69) is 205 Å². The first-order valence-electron chi connectivity index (χ1n) is 21.5. The van der Waals surface area contributed by atoms with Crippen molar-refractivity contribution in [2.24, 2.45) is 0 Å². The lowest BCUT2D eigenvalue weighted by molar-refractivity contribution is 0.669. The average molecular weight is 819 g/mol. The number of anilines is 3. The van der Waals surface area contributed by atoms with E-state index in [-0.39, 0.29) is 0 Å². The highest BCUT2D eigenvalue weighted by atomic mass is 16.3. The van der Waals surface area contributed by atoms with Crippen LogP contribution in [-0.2, 0) is 0 Å². The molecular weight excluding hydrogens is 781 g/mol. The first-order chi connectivity index (χ1) is 31.7. The SMILES string of the molecule is c1ccc(-c2cccc(N(c3ccc4ccccc4c3)c3ccc4c(c3)oc3cccc(-c5cccc(-c6nc(-c7ccccc7)nc(-c7cccc8ccccc78)n6)c5)c34)c2)cc1. The first-order valence-corrected chi connectivity index (χ1v) is 21.5. The third kappa shape index (κ3) is 6.73. The van der Waals surface area contributed by atoms with Crippen molar-refractivity contribution in [3.63, 3.8) is 0 Å². The van der Waals surface area contributed by atoms with E-state index in [1.54, 1.807) is 0 Å². The molecule has 10 aromatic carbocycles. The minimum absolute atomic E-state index is 0.609. The van der Waals surface area contributed by atoms with Crippen molar-refractivity contribution in [1.29, 1.82) is 0 Å². The molecule has 0 amide bonds. The smallest absolute Gasteiger partial charge is 0.164 e. The third-order valence-electron chi connectivity index (χ3n) is 12.1. The maximum Gasteiger partial charge on any atom is 0.164 e. The zero-order valence-corrected chi connectivity index (χ0v) is 34.6. The summed E-state index contributed by atoms with van der Waals surface area (Å²) in [6, 6.07) is 80.6. The number of nitrogens with zero attached hydrogens (tertiary/aromatic N) is 4. The maximum absolute atomic E-state index is 6.76. The summed E-state index contributed by atoms with van der Waals surface area (Å²) in [5.74, 6) is 1.87. The van der Waals surface area contributed by atoms with Crippen molar-refractivity contribution in [3.8, 4) is 56.4 Å². The third-order valence-corrected chi connectivity index (χ3v) is 12.1. The molecule has 0 radical (unpaired) electrons. The van der Waals surface area contributed by atoms with Gasteiger partial charge in [-0.1, -0.05) is 176 Å². The Morgan fingerprint density at radius 2 is 0.875 bits per heavy atom. The van der Waals surface area contributed by atoms with Gasteiger partial charge in [-0.3, -0.25) is 0 Å². The monoisotopic (exact) mass is 818 g/mol. The van der Waals surface area contributed by atoms with Crippen LogP contribution in [0.4, 0.5) is 17.1 Å². The molecule has 0 saturated carbocycles. The van der Waals surface area contributed by atoms with E-state index in [1.807, 2.05) is 30.3 Å². The van der Waals surface area contributed by atoms with Gasteiger partial charge in [0.25, 0.3) is 0 Å². The summed E-state index contributed by atoms with van der Waals surface area (Å²) in [4.78, 5) is 17.6. The van der Waals surface area contributed by atoms with Gasteiger partial charge in [0.05, 0.1) is 0 Å². The Morgan fingerprint density at radius 1 is 0.297 bits per heavy atom. The lowest BCUT2D eigenvalue weighted by Crippen LogP contribution is -2.10. The second-order valence-electron chi connectivity index (χ2n) is 16.0. The lowest BCUT2D eigenvalue weighted by Gasteiger charge is -2.26. The van der Waals surface area contributed by atoms with Crippen molar-refractivity contribution in [2.45, 2.75) is 0 Å². The zero-order chi connectivity index (χ0) is 42.4. The predicted molar refractivity (Wildman–Crippen MR) is 264 cm³/mol. The number of benzene rings is 10. The molecule has 64 heavy (non-hydrogen) atoms. The molecule has 0 aliphatic carbocycles. The molecule has 0 aliphatic rings. The van der Waals surface area contributed by atoms with Crippen LogP contribution in [0.3, 0.4) is 0 Å². The Balaban J connectivity index is 0.978. The number of rotatable bonds is 8. The fourth-order valence-corrected chi connectivity index (χ4v) is 9.00. The van der Waals surface area contributed by atoms with E-state index in [0.717, 1.165) is 83.2 Å². The molecule has 0 atom stereocenters. The number of aromatic nitrogens is 3. The van der Waals surface area contributed by atoms with Crippen molar-refractivity contribution in [1.82, 2.24) is 15.0 Å². The van der Waals surface area contributed by atoms with Gasteiger partial charge in [0, 0.05) is 50.6 Å². The largest absolute Gasteiger partial charge is 0.456 e. The molecule has 5 heteroatoms. The molecule has 5 nitrogen and oxygen atoms in total. The van der Waals surface area contributed by atoms with Gasteiger partial charge in [-0.05, 0) is 92.3 Å². The maximum atomic E-state index is 6.76. The second kappa shape index (κ2) is 15.7. The van der Waals surface area contributed by atoms with E-state index in [0.29, 0.717) is 17.5 Å². The molecule has 2 aromatic heterocycles. The second-order valence-corrected chi connectivity index (χ2v) is 16.0. The van der Waals surface area contributed by atoms with Crippen LogP contribution < -0.4 is 4.90 Å². The highest BCUT2D eigenvalue weighted by Crippen LogP contribution is 2.43. The van der Waals surface area contributed by atoms with Crippen LogP contribution in [0.5, 0.6) is 0 Å². The summed E-state index contributed by atoms with van der Waals surface area (Å²) in [6.07, 6.45) is 0. The quantitative estimate of drug-likeness (QED) is 0.153. The van der Waals surface area contributed by atoms with E-state index in [9.17, 15) is 0 Å². The summed E-state index contributed by atoms with van der Waals surface area (Å²) < 4.78 is 6.76. The van der Waals surface area contributed by atoms with Gasteiger partial charge in [-0.2, -0.15) is 0 Å². The Labute approximate surface area is 370 Å². The van der Waals surface area contributed by atoms with E-state index >= 15 is 0 Å². The lowest BCUT2D eigenvalue weighted by atomic mass is 9.97. The Kier molecular flexibility index (Phi) is 9.08. The zero-order valence-electron chi connectivity index (χ0n) is 34.6. The van der Waals surface area contributed by atoms with Crippen LogP contribution in [-0.4, -0.2) is 15.0 Å². The summed E-state index contributed by atoms with van der Waals surface area (Å²) in [5.41, 5.74) is 12.0. The summed E-state index contributed by atoms with van der Waals surface area (Å²) in [5, 5.41) is 6.71. The Morgan fingerprint density at radius 3 is 1.73 bits per heavy atom. The summed E-state index contributed by atoms with van der Waals surface area (Å²) in [6.45, 7) is 0. The van der Waals surface area contributed by atoms with Gasteiger partial charge in [-0.25, -0.2) is 15.0 Å². The van der Waals surface area contributed by atoms with Crippen LogP contribution in [0.2, 0.25) is 0 Å². The van der Waals surface area contributed by atoms with Gasteiger partial charge in [0.2, 0.25) is 0 Å².